The Bertz CT molecular complexity index is 355. The molecule has 1 aliphatic carbocycles. The average Bonchev–Trinajstić information content (AvgIpc) is 3.09. The first kappa shape index (κ1) is 13.3. The summed E-state index contributed by atoms with van der Waals surface area (Å²) >= 11 is 0. The van der Waals surface area contributed by atoms with Gasteiger partial charge in [0.25, 0.3) is 0 Å². The molecule has 2 fully saturated rings. The third-order valence-corrected chi connectivity index (χ3v) is 6.36. The Balaban J connectivity index is 1.89. The molecule has 0 aromatic carbocycles. The Morgan fingerprint density at radius 3 is 2.35 bits per heavy atom. The highest BCUT2D eigenvalue weighted by Crippen LogP contribution is 2.51. The van der Waals surface area contributed by atoms with Crippen LogP contribution in [0.3, 0.4) is 0 Å². The van der Waals surface area contributed by atoms with Crippen LogP contribution in [0.4, 0.5) is 0 Å². The smallest absolute Gasteiger partial charge is 0.214 e. The molecule has 0 atom stereocenters. The highest BCUT2D eigenvalue weighted by Gasteiger charge is 2.46. The van der Waals surface area contributed by atoms with Gasteiger partial charge in [0.05, 0.1) is 5.25 Å². The average molecular weight is 260 g/mol. The molecular formula is C12H24N2O2S. The van der Waals surface area contributed by atoms with E-state index in [1.807, 2.05) is 0 Å². The quantitative estimate of drug-likeness (QED) is 0.778. The molecule has 2 aliphatic rings. The molecule has 1 saturated carbocycles. The normalized spacial score (nSPS) is 25.1. The summed E-state index contributed by atoms with van der Waals surface area (Å²) in [6, 6.07) is 0. The molecule has 4 nitrogen and oxygen atoms in total. The van der Waals surface area contributed by atoms with E-state index in [1.165, 1.54) is 12.8 Å². The van der Waals surface area contributed by atoms with Gasteiger partial charge in [0.15, 0.2) is 0 Å². The molecule has 1 saturated heterocycles. The molecule has 0 aromatic heterocycles. The van der Waals surface area contributed by atoms with Crippen LogP contribution in [0.5, 0.6) is 0 Å². The van der Waals surface area contributed by atoms with Crippen LogP contribution in [0, 0.1) is 11.3 Å². The van der Waals surface area contributed by atoms with Gasteiger partial charge in [-0.15, -0.1) is 0 Å². The summed E-state index contributed by atoms with van der Waals surface area (Å²) in [7, 11) is -3.10. The molecule has 0 unspecified atom stereocenters. The van der Waals surface area contributed by atoms with E-state index in [0.717, 1.165) is 25.9 Å². The summed E-state index contributed by atoms with van der Waals surface area (Å²) in [4.78, 5) is 0. The van der Waals surface area contributed by atoms with Gasteiger partial charge < -0.3 is 5.32 Å². The van der Waals surface area contributed by atoms with E-state index in [9.17, 15) is 8.42 Å². The highest BCUT2D eigenvalue weighted by atomic mass is 32.2. The molecule has 1 heterocycles. The van der Waals surface area contributed by atoms with Crippen molar-refractivity contribution < 1.29 is 8.42 Å². The molecule has 5 heteroatoms. The Kier molecular flexibility index (Phi) is 3.80. The number of hydrogen-bond donors (Lipinski definition) is 2. The van der Waals surface area contributed by atoms with Gasteiger partial charge in [-0.25, -0.2) is 13.1 Å². The Morgan fingerprint density at radius 1 is 1.29 bits per heavy atom. The molecule has 0 aromatic rings. The maximum atomic E-state index is 12.1. The monoisotopic (exact) mass is 260 g/mol. The van der Waals surface area contributed by atoms with Crippen LogP contribution < -0.4 is 10.0 Å². The minimum atomic E-state index is -3.10. The fourth-order valence-corrected chi connectivity index (χ4v) is 4.17. The zero-order valence-corrected chi connectivity index (χ0v) is 11.6. The summed E-state index contributed by atoms with van der Waals surface area (Å²) in [5, 5.41) is 3.01. The van der Waals surface area contributed by atoms with E-state index in [4.69, 9.17) is 0 Å². The van der Waals surface area contributed by atoms with Crippen LogP contribution in [0.2, 0.25) is 0 Å². The third-order valence-electron chi connectivity index (χ3n) is 4.47. The van der Waals surface area contributed by atoms with Crippen molar-refractivity contribution in [2.45, 2.75) is 44.8 Å². The predicted molar refractivity (Wildman–Crippen MR) is 69.3 cm³/mol. The minimum Gasteiger partial charge on any atom is -0.317 e. The maximum Gasteiger partial charge on any atom is 0.214 e. The van der Waals surface area contributed by atoms with E-state index in [-0.39, 0.29) is 10.7 Å². The van der Waals surface area contributed by atoms with Crippen LogP contribution in [0.1, 0.15) is 39.5 Å². The first-order chi connectivity index (χ1) is 7.96. The van der Waals surface area contributed by atoms with Crippen molar-refractivity contribution in [3.05, 3.63) is 0 Å². The van der Waals surface area contributed by atoms with Gasteiger partial charge in [-0.05, 0) is 50.1 Å². The van der Waals surface area contributed by atoms with Crippen LogP contribution in [-0.2, 0) is 10.0 Å². The second kappa shape index (κ2) is 4.86. The van der Waals surface area contributed by atoms with Crippen LogP contribution in [0.15, 0.2) is 0 Å². The minimum absolute atomic E-state index is 0.188. The van der Waals surface area contributed by atoms with E-state index in [2.05, 4.69) is 23.9 Å². The zero-order chi connectivity index (χ0) is 12.5. The molecule has 0 amide bonds. The largest absolute Gasteiger partial charge is 0.317 e. The molecular weight excluding hydrogens is 236 g/mol. The highest BCUT2D eigenvalue weighted by molar-refractivity contribution is 7.90. The molecule has 0 bridgehead atoms. The Hall–Kier alpha value is -0.130. The lowest BCUT2D eigenvalue weighted by atomic mass is 9.93. The van der Waals surface area contributed by atoms with Gasteiger partial charge >= 0.3 is 0 Å². The van der Waals surface area contributed by atoms with Crippen molar-refractivity contribution in [1.82, 2.24) is 10.0 Å². The summed E-state index contributed by atoms with van der Waals surface area (Å²) in [6.45, 7) is 6.65. The fourth-order valence-electron chi connectivity index (χ4n) is 2.59. The summed E-state index contributed by atoms with van der Waals surface area (Å²) < 4.78 is 27.1. The van der Waals surface area contributed by atoms with Gasteiger partial charge in [-0.3, -0.25) is 0 Å². The van der Waals surface area contributed by atoms with Gasteiger partial charge in [-0.1, -0.05) is 13.8 Å². The van der Waals surface area contributed by atoms with Crippen LogP contribution in [0.25, 0.3) is 0 Å². The SMILES string of the molecule is CC(C)C1(CNS(=O)(=O)C2CCNCC2)CC1. The van der Waals surface area contributed by atoms with Gasteiger partial charge in [0, 0.05) is 6.54 Å². The zero-order valence-electron chi connectivity index (χ0n) is 10.8. The van der Waals surface area contributed by atoms with Gasteiger partial charge in [-0.2, -0.15) is 0 Å². The lowest BCUT2D eigenvalue weighted by molar-refractivity contribution is 0.356. The van der Waals surface area contributed by atoms with E-state index in [0.29, 0.717) is 12.5 Å². The van der Waals surface area contributed by atoms with E-state index < -0.39 is 10.0 Å². The molecule has 0 spiro atoms. The molecule has 100 valence electrons. The van der Waals surface area contributed by atoms with E-state index in [1.54, 1.807) is 0 Å². The Labute approximate surface area is 105 Å². The molecule has 1 aliphatic heterocycles. The first-order valence-corrected chi connectivity index (χ1v) is 8.20. The van der Waals surface area contributed by atoms with Gasteiger partial charge in [0.2, 0.25) is 10.0 Å². The predicted octanol–water partition coefficient (Wildman–Crippen LogP) is 1.09. The standard InChI is InChI=1S/C12H24N2O2S/c1-10(2)12(5-6-12)9-14-17(15,16)11-3-7-13-8-4-11/h10-11,13-14H,3-9H2,1-2H3. The number of piperidine rings is 1. The van der Waals surface area contributed by atoms with Crippen molar-refractivity contribution in [2.24, 2.45) is 11.3 Å². The number of nitrogens with one attached hydrogen (secondary N) is 2. The fraction of sp³-hybridized carbons (Fsp3) is 1.00. The molecule has 2 rings (SSSR count). The summed E-state index contributed by atoms with van der Waals surface area (Å²) in [5.41, 5.74) is 0.250. The van der Waals surface area contributed by atoms with Crippen LogP contribution >= 0.6 is 0 Å². The van der Waals surface area contributed by atoms with Crippen LogP contribution in [-0.4, -0.2) is 33.3 Å². The topological polar surface area (TPSA) is 58.2 Å². The summed E-state index contributed by atoms with van der Waals surface area (Å²) in [5.74, 6) is 0.568. The maximum absolute atomic E-state index is 12.1. The lowest BCUT2D eigenvalue weighted by Crippen LogP contribution is -2.43. The molecule has 0 radical (unpaired) electrons. The van der Waals surface area contributed by atoms with Crippen molar-refractivity contribution >= 4 is 10.0 Å². The summed E-state index contributed by atoms with van der Waals surface area (Å²) in [6.07, 6.45) is 3.81. The first-order valence-electron chi connectivity index (χ1n) is 6.65. The molecule has 17 heavy (non-hydrogen) atoms. The van der Waals surface area contributed by atoms with E-state index >= 15 is 0 Å². The Morgan fingerprint density at radius 2 is 1.88 bits per heavy atom. The lowest BCUT2D eigenvalue weighted by Gasteiger charge is -2.25. The number of rotatable bonds is 5. The third kappa shape index (κ3) is 3.01. The number of sulfonamides is 1. The molecule has 2 N–H and O–H groups in total. The van der Waals surface area contributed by atoms with Crippen molar-refractivity contribution in [1.29, 1.82) is 0 Å². The van der Waals surface area contributed by atoms with Gasteiger partial charge in [0.1, 0.15) is 0 Å². The van der Waals surface area contributed by atoms with Crippen molar-refractivity contribution in [3.8, 4) is 0 Å². The number of hydrogen-bond acceptors (Lipinski definition) is 3. The van der Waals surface area contributed by atoms with Crippen molar-refractivity contribution in [3.63, 3.8) is 0 Å². The van der Waals surface area contributed by atoms with Crippen molar-refractivity contribution in [2.75, 3.05) is 19.6 Å². The second-order valence-corrected chi connectivity index (χ2v) is 7.88. The second-order valence-electron chi connectivity index (χ2n) is 5.83.